The van der Waals surface area contributed by atoms with Gasteiger partial charge in [0.05, 0.1) is 12.6 Å². The molecule has 1 saturated heterocycles. The summed E-state index contributed by atoms with van der Waals surface area (Å²) >= 11 is 1.74. The van der Waals surface area contributed by atoms with Gasteiger partial charge in [0.15, 0.2) is 5.96 Å². The number of aryl methyl sites for hydroxylation is 1. The Bertz CT molecular complexity index is 531. The molecule has 0 bridgehead atoms. The second-order valence-electron chi connectivity index (χ2n) is 6.94. The van der Waals surface area contributed by atoms with Crippen molar-refractivity contribution in [3.05, 3.63) is 16.1 Å². The van der Waals surface area contributed by atoms with Gasteiger partial charge in [-0.3, -0.25) is 4.99 Å². The first kappa shape index (κ1) is 17.7. The Kier molecular flexibility index (Phi) is 6.49. The Morgan fingerprint density at radius 2 is 2.08 bits per heavy atom. The maximum atomic E-state index is 6.17. The number of aromatic nitrogens is 1. The van der Waals surface area contributed by atoms with Crippen molar-refractivity contribution in [3.63, 3.8) is 0 Å². The number of ether oxygens (including phenoxy) is 1. The molecule has 1 aromatic rings. The van der Waals surface area contributed by atoms with Gasteiger partial charge in [0, 0.05) is 37.8 Å². The van der Waals surface area contributed by atoms with Crippen LogP contribution >= 0.6 is 11.3 Å². The van der Waals surface area contributed by atoms with Gasteiger partial charge < -0.3 is 15.0 Å². The molecule has 2 fully saturated rings. The van der Waals surface area contributed by atoms with Gasteiger partial charge in [-0.2, -0.15) is 0 Å². The standard InChI is InChI=1S/C18H30N4OS/c1-14-11-20-17(24-14)12-21-18(19-2)22-9-7-16(8-10-22)23-13-15-5-3-4-6-15/h11,15-16H,3-10,12-13H2,1-2H3,(H,19,21). The number of piperidine rings is 1. The topological polar surface area (TPSA) is 49.8 Å². The van der Waals surface area contributed by atoms with E-state index in [4.69, 9.17) is 4.74 Å². The first-order chi connectivity index (χ1) is 11.7. The van der Waals surface area contributed by atoms with Crippen LogP contribution in [-0.4, -0.2) is 48.7 Å². The molecular formula is C18H30N4OS. The minimum Gasteiger partial charge on any atom is -0.378 e. The van der Waals surface area contributed by atoms with Crippen LogP contribution < -0.4 is 5.32 Å². The molecule has 1 aliphatic carbocycles. The van der Waals surface area contributed by atoms with Crippen LogP contribution in [0.2, 0.25) is 0 Å². The highest BCUT2D eigenvalue weighted by atomic mass is 32.1. The van der Waals surface area contributed by atoms with Crippen molar-refractivity contribution < 1.29 is 4.74 Å². The molecule has 1 aromatic heterocycles. The second kappa shape index (κ2) is 8.81. The minimum absolute atomic E-state index is 0.432. The fourth-order valence-electron chi connectivity index (χ4n) is 3.65. The van der Waals surface area contributed by atoms with Crippen LogP contribution in [0.15, 0.2) is 11.2 Å². The summed E-state index contributed by atoms with van der Waals surface area (Å²) in [4.78, 5) is 12.4. The molecule has 134 valence electrons. The third-order valence-electron chi connectivity index (χ3n) is 5.06. The van der Waals surface area contributed by atoms with Crippen molar-refractivity contribution in [1.82, 2.24) is 15.2 Å². The molecule has 0 atom stereocenters. The highest BCUT2D eigenvalue weighted by Gasteiger charge is 2.23. The summed E-state index contributed by atoms with van der Waals surface area (Å²) in [6, 6.07) is 0. The summed E-state index contributed by atoms with van der Waals surface area (Å²) < 4.78 is 6.17. The number of likely N-dealkylation sites (tertiary alicyclic amines) is 1. The van der Waals surface area contributed by atoms with E-state index in [9.17, 15) is 0 Å². The number of thiazole rings is 1. The van der Waals surface area contributed by atoms with Crippen molar-refractivity contribution in [3.8, 4) is 0 Å². The van der Waals surface area contributed by atoms with E-state index in [-0.39, 0.29) is 0 Å². The first-order valence-corrected chi connectivity index (χ1v) is 10.0. The number of rotatable bonds is 5. The highest BCUT2D eigenvalue weighted by molar-refractivity contribution is 7.11. The van der Waals surface area contributed by atoms with Crippen molar-refractivity contribution in [2.45, 2.75) is 58.1 Å². The summed E-state index contributed by atoms with van der Waals surface area (Å²) in [7, 11) is 1.86. The van der Waals surface area contributed by atoms with Crippen LogP contribution in [0.1, 0.15) is 48.4 Å². The zero-order valence-corrected chi connectivity index (χ0v) is 15.8. The molecule has 1 N–H and O–H groups in total. The second-order valence-corrected chi connectivity index (χ2v) is 8.25. The molecule has 0 unspecified atom stereocenters. The molecule has 0 radical (unpaired) electrons. The summed E-state index contributed by atoms with van der Waals surface area (Å²) in [6.45, 7) is 5.86. The largest absolute Gasteiger partial charge is 0.378 e. The molecule has 5 nitrogen and oxygen atoms in total. The molecular weight excluding hydrogens is 320 g/mol. The fourth-order valence-corrected chi connectivity index (χ4v) is 4.38. The van der Waals surface area contributed by atoms with Crippen molar-refractivity contribution >= 4 is 17.3 Å². The number of guanidine groups is 1. The Morgan fingerprint density at radius 3 is 2.71 bits per heavy atom. The van der Waals surface area contributed by atoms with Gasteiger partial charge in [-0.15, -0.1) is 11.3 Å². The van der Waals surface area contributed by atoms with E-state index in [1.165, 1.54) is 30.6 Å². The maximum absolute atomic E-state index is 6.17. The lowest BCUT2D eigenvalue weighted by atomic mass is 10.1. The average Bonchev–Trinajstić information content (AvgIpc) is 3.26. The summed E-state index contributed by atoms with van der Waals surface area (Å²) in [5.74, 6) is 1.80. The van der Waals surface area contributed by atoms with Crippen LogP contribution in [0.25, 0.3) is 0 Å². The molecule has 0 amide bonds. The van der Waals surface area contributed by atoms with E-state index in [0.717, 1.165) is 56.0 Å². The Hall–Kier alpha value is -1.14. The lowest BCUT2D eigenvalue weighted by Crippen LogP contribution is -2.46. The zero-order valence-electron chi connectivity index (χ0n) is 15.0. The third-order valence-corrected chi connectivity index (χ3v) is 5.98. The Balaban J connectivity index is 1.39. The Morgan fingerprint density at radius 1 is 1.33 bits per heavy atom. The molecule has 0 aromatic carbocycles. The summed E-state index contributed by atoms with van der Waals surface area (Å²) in [6.07, 6.45) is 10.1. The zero-order chi connectivity index (χ0) is 16.8. The molecule has 2 heterocycles. The lowest BCUT2D eigenvalue weighted by Gasteiger charge is -2.34. The van der Waals surface area contributed by atoms with Crippen LogP contribution in [-0.2, 0) is 11.3 Å². The highest BCUT2D eigenvalue weighted by Crippen LogP contribution is 2.26. The molecule has 2 aliphatic rings. The fraction of sp³-hybridized carbons (Fsp3) is 0.778. The van der Waals surface area contributed by atoms with E-state index < -0.39 is 0 Å². The summed E-state index contributed by atoms with van der Waals surface area (Å²) in [5, 5.41) is 4.56. The molecule has 1 aliphatic heterocycles. The van der Waals surface area contributed by atoms with Crippen molar-refractivity contribution in [2.75, 3.05) is 26.7 Å². The van der Waals surface area contributed by atoms with Crippen LogP contribution in [0.4, 0.5) is 0 Å². The lowest BCUT2D eigenvalue weighted by molar-refractivity contribution is 0.00101. The quantitative estimate of drug-likeness (QED) is 0.654. The van der Waals surface area contributed by atoms with Gasteiger partial charge in [0.25, 0.3) is 0 Å². The van der Waals surface area contributed by atoms with Crippen molar-refractivity contribution in [2.24, 2.45) is 10.9 Å². The van der Waals surface area contributed by atoms with Gasteiger partial charge in [-0.05, 0) is 38.5 Å². The Labute approximate surface area is 149 Å². The van der Waals surface area contributed by atoms with Crippen LogP contribution in [0, 0.1) is 12.8 Å². The predicted molar refractivity (Wildman–Crippen MR) is 99.6 cm³/mol. The average molecular weight is 351 g/mol. The minimum atomic E-state index is 0.432. The molecule has 6 heteroatoms. The first-order valence-electron chi connectivity index (χ1n) is 9.23. The molecule has 0 spiro atoms. The molecule has 24 heavy (non-hydrogen) atoms. The number of nitrogens with zero attached hydrogens (tertiary/aromatic N) is 3. The van der Waals surface area contributed by atoms with E-state index >= 15 is 0 Å². The SMILES string of the molecule is CN=C(NCc1ncc(C)s1)N1CCC(OCC2CCCC2)CC1. The van der Waals surface area contributed by atoms with E-state index in [2.05, 4.69) is 27.1 Å². The number of hydrogen-bond acceptors (Lipinski definition) is 4. The van der Waals surface area contributed by atoms with Crippen LogP contribution in [0.5, 0.6) is 0 Å². The van der Waals surface area contributed by atoms with Gasteiger partial charge in [0.1, 0.15) is 5.01 Å². The van der Waals surface area contributed by atoms with E-state index in [1.54, 1.807) is 11.3 Å². The normalized spacial score (nSPS) is 20.8. The van der Waals surface area contributed by atoms with Gasteiger partial charge in [-0.1, -0.05) is 12.8 Å². The van der Waals surface area contributed by atoms with Gasteiger partial charge >= 0.3 is 0 Å². The number of aliphatic imine (C=N–C) groups is 1. The molecule has 1 saturated carbocycles. The predicted octanol–water partition coefficient (Wildman–Crippen LogP) is 3.20. The van der Waals surface area contributed by atoms with E-state index in [0.29, 0.717) is 6.10 Å². The number of hydrogen-bond donors (Lipinski definition) is 1. The monoisotopic (exact) mass is 350 g/mol. The van der Waals surface area contributed by atoms with Gasteiger partial charge in [0.2, 0.25) is 0 Å². The smallest absolute Gasteiger partial charge is 0.193 e. The van der Waals surface area contributed by atoms with Crippen molar-refractivity contribution in [1.29, 1.82) is 0 Å². The number of nitrogens with one attached hydrogen (secondary N) is 1. The van der Waals surface area contributed by atoms with Gasteiger partial charge in [-0.25, -0.2) is 4.98 Å². The van der Waals surface area contributed by atoms with Crippen LogP contribution in [0.3, 0.4) is 0 Å². The summed E-state index contributed by atoms with van der Waals surface area (Å²) in [5.41, 5.74) is 0. The molecule has 3 rings (SSSR count). The third kappa shape index (κ3) is 4.93. The van der Waals surface area contributed by atoms with E-state index in [1.807, 2.05) is 13.2 Å². The maximum Gasteiger partial charge on any atom is 0.193 e.